The summed E-state index contributed by atoms with van der Waals surface area (Å²) < 4.78 is 0. The summed E-state index contributed by atoms with van der Waals surface area (Å²) in [6.45, 7) is 3.56. The lowest BCUT2D eigenvalue weighted by Gasteiger charge is -2.06. The van der Waals surface area contributed by atoms with Gasteiger partial charge in [-0.25, -0.2) is 4.98 Å². The van der Waals surface area contributed by atoms with E-state index >= 15 is 0 Å². The number of pyridine rings is 1. The Hall–Kier alpha value is -1.42. The summed E-state index contributed by atoms with van der Waals surface area (Å²) >= 11 is 0. The van der Waals surface area contributed by atoms with Gasteiger partial charge < -0.3 is 11.1 Å². The molecule has 3 N–H and O–H groups in total. The predicted octanol–water partition coefficient (Wildman–Crippen LogP) is 0.676. The van der Waals surface area contributed by atoms with Gasteiger partial charge in [-0.1, -0.05) is 0 Å². The first-order valence-corrected chi connectivity index (χ1v) is 4.08. The molecule has 0 aliphatic rings. The Balaban J connectivity index is 2.69. The number of nitrogens with zero attached hydrogens (tertiary/aromatic N) is 1. The molecule has 1 heterocycles. The molecule has 0 fully saturated rings. The van der Waals surface area contributed by atoms with Crippen LogP contribution in [0.2, 0.25) is 0 Å². The zero-order chi connectivity index (χ0) is 9.84. The summed E-state index contributed by atoms with van der Waals surface area (Å²) in [7, 11) is 0. The van der Waals surface area contributed by atoms with Crippen molar-refractivity contribution in [3.05, 3.63) is 23.9 Å². The smallest absolute Gasteiger partial charge is 0.242 e. The van der Waals surface area contributed by atoms with Crippen molar-refractivity contribution < 1.29 is 4.79 Å². The quantitative estimate of drug-likeness (QED) is 0.701. The molecule has 1 unspecified atom stereocenters. The molecule has 1 aromatic heterocycles. The number of aromatic nitrogens is 1. The second-order valence-corrected chi connectivity index (χ2v) is 3.00. The molecule has 0 bridgehead atoms. The van der Waals surface area contributed by atoms with Gasteiger partial charge in [0.2, 0.25) is 5.91 Å². The molecule has 0 aliphatic heterocycles. The zero-order valence-electron chi connectivity index (χ0n) is 7.74. The largest absolute Gasteiger partial charge is 0.320 e. The van der Waals surface area contributed by atoms with Gasteiger partial charge >= 0.3 is 0 Å². The normalized spacial score (nSPS) is 12.2. The van der Waals surface area contributed by atoms with E-state index in [2.05, 4.69) is 10.3 Å². The summed E-state index contributed by atoms with van der Waals surface area (Å²) in [5.41, 5.74) is 6.43. The minimum atomic E-state index is -0.512. The number of aryl methyl sites for hydroxylation is 1. The third-order valence-corrected chi connectivity index (χ3v) is 1.58. The molecule has 70 valence electrons. The predicted molar refractivity (Wildman–Crippen MR) is 51.3 cm³/mol. The van der Waals surface area contributed by atoms with Crippen LogP contribution < -0.4 is 11.1 Å². The van der Waals surface area contributed by atoms with Crippen molar-refractivity contribution in [2.45, 2.75) is 19.9 Å². The van der Waals surface area contributed by atoms with Gasteiger partial charge in [0.15, 0.2) is 0 Å². The fourth-order valence-electron chi connectivity index (χ4n) is 0.845. The molecule has 0 aromatic carbocycles. The monoisotopic (exact) mass is 179 g/mol. The van der Waals surface area contributed by atoms with Crippen LogP contribution in [0.5, 0.6) is 0 Å². The highest BCUT2D eigenvalue weighted by Crippen LogP contribution is 2.04. The molecule has 0 saturated heterocycles. The third kappa shape index (κ3) is 2.83. The fraction of sp³-hybridized carbons (Fsp3) is 0.333. The van der Waals surface area contributed by atoms with Crippen LogP contribution in [0.25, 0.3) is 0 Å². The number of anilines is 1. The van der Waals surface area contributed by atoms with Crippen LogP contribution in [-0.2, 0) is 4.79 Å². The topological polar surface area (TPSA) is 68.0 Å². The van der Waals surface area contributed by atoms with Crippen LogP contribution in [-0.4, -0.2) is 16.9 Å². The van der Waals surface area contributed by atoms with Crippen molar-refractivity contribution >= 4 is 11.7 Å². The molecule has 1 amide bonds. The minimum Gasteiger partial charge on any atom is -0.320 e. The first kappa shape index (κ1) is 9.67. The Morgan fingerprint density at radius 2 is 2.38 bits per heavy atom. The van der Waals surface area contributed by atoms with E-state index in [1.54, 1.807) is 19.2 Å². The minimum absolute atomic E-state index is 0.224. The molecule has 4 heteroatoms. The van der Waals surface area contributed by atoms with Crippen molar-refractivity contribution in [3.63, 3.8) is 0 Å². The van der Waals surface area contributed by atoms with Crippen molar-refractivity contribution in [2.75, 3.05) is 5.32 Å². The number of amides is 1. The van der Waals surface area contributed by atoms with Crippen LogP contribution in [0.15, 0.2) is 18.3 Å². The number of hydrogen-bond acceptors (Lipinski definition) is 3. The molecular weight excluding hydrogens is 166 g/mol. The van der Waals surface area contributed by atoms with E-state index in [1.165, 1.54) is 0 Å². The number of nitrogens with one attached hydrogen (secondary N) is 1. The lowest BCUT2D eigenvalue weighted by Crippen LogP contribution is -2.32. The van der Waals surface area contributed by atoms with Crippen LogP contribution in [0.3, 0.4) is 0 Å². The maximum absolute atomic E-state index is 11.1. The van der Waals surface area contributed by atoms with E-state index in [9.17, 15) is 4.79 Å². The SMILES string of the molecule is Cc1ccnc(NC(=O)C(C)N)c1. The fourth-order valence-corrected chi connectivity index (χ4v) is 0.845. The van der Waals surface area contributed by atoms with Crippen molar-refractivity contribution in [3.8, 4) is 0 Å². The molecule has 13 heavy (non-hydrogen) atoms. The third-order valence-electron chi connectivity index (χ3n) is 1.58. The number of carbonyl (C=O) groups excluding carboxylic acids is 1. The first-order chi connectivity index (χ1) is 6.09. The summed E-state index contributed by atoms with van der Waals surface area (Å²) in [6.07, 6.45) is 1.64. The Morgan fingerprint density at radius 3 is 2.92 bits per heavy atom. The number of hydrogen-bond donors (Lipinski definition) is 2. The van der Waals surface area contributed by atoms with Crippen LogP contribution in [0.1, 0.15) is 12.5 Å². The lowest BCUT2D eigenvalue weighted by atomic mass is 10.3. The summed E-state index contributed by atoms with van der Waals surface area (Å²) in [5.74, 6) is 0.320. The van der Waals surface area contributed by atoms with Gasteiger partial charge in [-0.2, -0.15) is 0 Å². The summed E-state index contributed by atoms with van der Waals surface area (Å²) in [6, 6.07) is 3.14. The van der Waals surface area contributed by atoms with Crippen LogP contribution >= 0.6 is 0 Å². The Kier molecular flexibility index (Phi) is 2.97. The number of rotatable bonds is 2. The van der Waals surface area contributed by atoms with Gasteiger partial charge in [0.1, 0.15) is 5.82 Å². The Labute approximate surface area is 77.2 Å². The highest BCUT2D eigenvalue weighted by molar-refractivity contribution is 5.93. The van der Waals surface area contributed by atoms with Crippen LogP contribution in [0, 0.1) is 6.92 Å². The second kappa shape index (κ2) is 4.00. The summed E-state index contributed by atoms with van der Waals surface area (Å²) in [4.78, 5) is 15.1. The van der Waals surface area contributed by atoms with Crippen molar-refractivity contribution in [1.29, 1.82) is 0 Å². The van der Waals surface area contributed by atoms with E-state index in [0.717, 1.165) is 5.56 Å². The van der Waals surface area contributed by atoms with Gasteiger partial charge in [-0.3, -0.25) is 4.79 Å². The van der Waals surface area contributed by atoms with Crippen molar-refractivity contribution in [1.82, 2.24) is 4.98 Å². The van der Waals surface area contributed by atoms with E-state index in [4.69, 9.17) is 5.73 Å². The van der Waals surface area contributed by atoms with Gasteiger partial charge in [0.05, 0.1) is 6.04 Å². The highest BCUT2D eigenvalue weighted by atomic mass is 16.2. The Morgan fingerprint density at radius 1 is 1.69 bits per heavy atom. The van der Waals surface area contributed by atoms with E-state index < -0.39 is 6.04 Å². The standard InChI is InChI=1S/C9H13N3O/c1-6-3-4-11-8(5-6)12-9(13)7(2)10/h3-5,7H,10H2,1-2H3,(H,11,12,13). The number of carbonyl (C=O) groups is 1. The Bertz CT molecular complexity index is 309. The molecule has 0 spiro atoms. The first-order valence-electron chi connectivity index (χ1n) is 4.08. The lowest BCUT2D eigenvalue weighted by molar-refractivity contribution is -0.117. The highest BCUT2D eigenvalue weighted by Gasteiger charge is 2.07. The maximum atomic E-state index is 11.1. The molecule has 4 nitrogen and oxygen atoms in total. The zero-order valence-corrected chi connectivity index (χ0v) is 7.74. The van der Waals surface area contributed by atoms with E-state index in [0.29, 0.717) is 5.82 Å². The average molecular weight is 179 g/mol. The molecule has 0 saturated carbocycles. The molecule has 0 aliphatic carbocycles. The van der Waals surface area contributed by atoms with Crippen molar-refractivity contribution in [2.24, 2.45) is 5.73 Å². The molecular formula is C9H13N3O. The molecule has 1 aromatic rings. The van der Waals surface area contributed by atoms with Gasteiger partial charge in [0, 0.05) is 6.20 Å². The van der Waals surface area contributed by atoms with Gasteiger partial charge in [-0.15, -0.1) is 0 Å². The van der Waals surface area contributed by atoms with E-state index in [-0.39, 0.29) is 5.91 Å². The summed E-state index contributed by atoms with van der Waals surface area (Å²) in [5, 5.41) is 2.61. The van der Waals surface area contributed by atoms with Crippen LogP contribution in [0.4, 0.5) is 5.82 Å². The number of nitrogens with two attached hydrogens (primary N) is 1. The van der Waals surface area contributed by atoms with E-state index in [1.807, 2.05) is 13.0 Å². The maximum Gasteiger partial charge on any atom is 0.242 e. The molecule has 1 rings (SSSR count). The second-order valence-electron chi connectivity index (χ2n) is 3.00. The molecule has 0 radical (unpaired) electrons. The van der Waals surface area contributed by atoms with Gasteiger partial charge in [-0.05, 0) is 31.5 Å². The molecule has 1 atom stereocenters. The van der Waals surface area contributed by atoms with Gasteiger partial charge in [0.25, 0.3) is 0 Å². The average Bonchev–Trinajstić information content (AvgIpc) is 2.04.